The van der Waals surface area contributed by atoms with E-state index < -0.39 is 0 Å². The normalized spacial score (nSPS) is 9.65. The van der Waals surface area contributed by atoms with Gasteiger partial charge in [-0.25, -0.2) is 12.1 Å². The zero-order chi connectivity index (χ0) is 21.1. The summed E-state index contributed by atoms with van der Waals surface area (Å²) < 4.78 is 0. The zero-order valence-electron chi connectivity index (χ0n) is 18.7. The van der Waals surface area contributed by atoms with Crippen molar-refractivity contribution in [2.45, 2.75) is 6.42 Å². The van der Waals surface area contributed by atoms with Crippen molar-refractivity contribution in [3.63, 3.8) is 0 Å². The van der Waals surface area contributed by atoms with Crippen molar-refractivity contribution in [3.05, 3.63) is 151 Å². The molecule has 4 heteroatoms. The largest absolute Gasteiger partial charge is 4.00 e. The van der Waals surface area contributed by atoms with Crippen LogP contribution in [0, 0.1) is 6.07 Å². The number of fused-ring (bicyclic) bond motifs is 3. The van der Waals surface area contributed by atoms with Gasteiger partial charge >= 0.3 is 26.2 Å². The van der Waals surface area contributed by atoms with Crippen LogP contribution in [0.2, 0.25) is 0 Å². The van der Waals surface area contributed by atoms with Gasteiger partial charge in [0.2, 0.25) is 0 Å². The molecule has 0 saturated heterocycles. The van der Waals surface area contributed by atoms with Crippen molar-refractivity contribution in [1.82, 2.24) is 0 Å². The molecule has 0 atom stereocenters. The minimum Gasteiger partial charge on any atom is -1.00 e. The van der Waals surface area contributed by atoms with Gasteiger partial charge in [0.25, 0.3) is 0 Å². The third-order valence-corrected chi connectivity index (χ3v) is 6.54. The summed E-state index contributed by atoms with van der Waals surface area (Å²) in [5.74, 6) is 0. The van der Waals surface area contributed by atoms with Crippen molar-refractivity contribution in [2.75, 3.05) is 0 Å². The molecule has 0 N–H and O–H groups in total. The Hall–Kier alpha value is -2.09. The molecule has 0 saturated carbocycles. The summed E-state index contributed by atoms with van der Waals surface area (Å²) in [7, 11) is 0.271. The van der Waals surface area contributed by atoms with Crippen LogP contribution in [0.4, 0.5) is 0 Å². The number of rotatable bonds is 2. The van der Waals surface area contributed by atoms with Crippen LogP contribution in [-0.2, 0) is 32.6 Å². The molecule has 0 fully saturated rings. The van der Waals surface area contributed by atoms with E-state index in [1.165, 1.54) is 32.6 Å². The van der Waals surface area contributed by atoms with Gasteiger partial charge in [0.05, 0.1) is 0 Å². The molecule has 5 aromatic carbocycles. The van der Waals surface area contributed by atoms with Crippen LogP contribution in [0.25, 0.3) is 11.1 Å². The Balaban J connectivity index is 0.000000264. The van der Waals surface area contributed by atoms with Crippen molar-refractivity contribution in [1.29, 1.82) is 0 Å². The number of hydrogen-bond acceptors (Lipinski definition) is 0. The van der Waals surface area contributed by atoms with Gasteiger partial charge in [-0.05, 0) is 6.42 Å². The Bertz CT molecular complexity index is 1080. The molecule has 1 aliphatic rings. The van der Waals surface area contributed by atoms with Crippen LogP contribution in [0.3, 0.4) is 0 Å². The summed E-state index contributed by atoms with van der Waals surface area (Å²) in [5, 5.41) is 2.90. The van der Waals surface area contributed by atoms with Crippen LogP contribution >= 0.6 is 0 Å². The molecular weight excluding hydrogens is 551 g/mol. The quantitative estimate of drug-likeness (QED) is 0.194. The molecule has 0 aliphatic heterocycles. The second-order valence-electron chi connectivity index (χ2n) is 7.32. The van der Waals surface area contributed by atoms with Gasteiger partial charge in [0.1, 0.15) is 9.52 Å². The average Bonchev–Trinajstić information content (AvgIpc) is 3.53. The first kappa shape index (κ1) is 29.9. The van der Waals surface area contributed by atoms with E-state index in [0.717, 1.165) is 6.42 Å². The molecule has 5 aromatic rings. The van der Waals surface area contributed by atoms with Crippen molar-refractivity contribution >= 4 is 19.9 Å². The van der Waals surface area contributed by atoms with Crippen LogP contribution in [0.5, 0.6) is 0 Å². The molecular formula is C30H25Cl2SiZr. The van der Waals surface area contributed by atoms with Gasteiger partial charge in [-0.2, -0.15) is 48.0 Å². The summed E-state index contributed by atoms with van der Waals surface area (Å²) in [6, 6.07) is 49.4. The van der Waals surface area contributed by atoms with Crippen LogP contribution in [-0.4, -0.2) is 9.52 Å². The fourth-order valence-electron chi connectivity index (χ4n) is 3.61. The first-order chi connectivity index (χ1) is 15.4. The molecule has 167 valence electrons. The molecule has 0 nitrogen and oxygen atoms in total. The van der Waals surface area contributed by atoms with E-state index in [1.807, 2.05) is 36.4 Å². The number of benzene rings is 4. The first-order valence-electron chi connectivity index (χ1n) is 10.6. The van der Waals surface area contributed by atoms with E-state index in [9.17, 15) is 0 Å². The van der Waals surface area contributed by atoms with Crippen molar-refractivity contribution < 1.29 is 51.0 Å². The Morgan fingerprint density at radius 3 is 1.68 bits per heavy atom. The minimum absolute atomic E-state index is 0. The van der Waals surface area contributed by atoms with E-state index in [1.54, 1.807) is 0 Å². The Kier molecular flexibility index (Phi) is 14.6. The fraction of sp³-hybridized carbons (Fsp3) is 0.0333. The second-order valence-corrected chi connectivity index (χ2v) is 8.95. The van der Waals surface area contributed by atoms with E-state index in [0.29, 0.717) is 0 Å². The topological polar surface area (TPSA) is 0 Å². The fourth-order valence-corrected chi connectivity index (χ4v) is 4.82. The average molecular weight is 576 g/mol. The third-order valence-electron chi connectivity index (χ3n) is 5.10. The van der Waals surface area contributed by atoms with Gasteiger partial charge in [-0.3, -0.25) is 0 Å². The molecule has 0 aromatic heterocycles. The SMILES string of the molecule is [Cl-].[Cl-].[Zr+4].[c-]1cccc2c1Cc1ccccc1-2.c1cc[cH-]c1.c1ccc([SiH]c2ccccc2)cc1. The number of halogens is 2. The van der Waals surface area contributed by atoms with E-state index in [4.69, 9.17) is 0 Å². The molecule has 0 bridgehead atoms. The summed E-state index contributed by atoms with van der Waals surface area (Å²) in [6.07, 6.45) is 1.05. The molecule has 0 unspecified atom stereocenters. The van der Waals surface area contributed by atoms with Gasteiger partial charge in [-0.1, -0.05) is 106 Å². The van der Waals surface area contributed by atoms with Crippen molar-refractivity contribution in [2.24, 2.45) is 0 Å². The third kappa shape index (κ3) is 8.93. The summed E-state index contributed by atoms with van der Waals surface area (Å²) in [5.41, 5.74) is 5.51. The maximum Gasteiger partial charge on any atom is 4.00 e. The molecule has 1 aliphatic carbocycles. The predicted octanol–water partition coefficient (Wildman–Crippen LogP) is -0.457. The molecule has 0 heterocycles. The van der Waals surface area contributed by atoms with Gasteiger partial charge in [0.15, 0.2) is 0 Å². The van der Waals surface area contributed by atoms with Crippen LogP contribution in [0.15, 0.2) is 133 Å². The summed E-state index contributed by atoms with van der Waals surface area (Å²) in [6.45, 7) is 0. The van der Waals surface area contributed by atoms with E-state index >= 15 is 0 Å². The van der Waals surface area contributed by atoms with Gasteiger partial charge in [-0.15, -0.1) is 5.56 Å². The molecule has 0 amide bonds. The summed E-state index contributed by atoms with van der Waals surface area (Å²) >= 11 is 0. The molecule has 0 spiro atoms. The molecule has 6 rings (SSSR count). The van der Waals surface area contributed by atoms with Gasteiger partial charge < -0.3 is 24.8 Å². The maximum atomic E-state index is 3.30. The maximum absolute atomic E-state index is 3.30. The van der Waals surface area contributed by atoms with Crippen molar-refractivity contribution in [3.8, 4) is 11.1 Å². The van der Waals surface area contributed by atoms with Crippen LogP contribution < -0.4 is 35.2 Å². The van der Waals surface area contributed by atoms with Crippen LogP contribution in [0.1, 0.15) is 11.1 Å². The standard InChI is InChI=1S/C13H9.C12H11Si.C5H5.2ClH.Zr/c1-3-7-12-10(5-1)9-11-6-2-4-8-13(11)12;1-3-7-11(8-4-1)13-12-9-5-2-6-10-12;1-2-4-5-3-1;;;/h1-5,7-8H,9H2;1-10,13H;1-5H;2*1H;/q-1;;-1;;;+4/p-2. The Labute approximate surface area is 237 Å². The Morgan fingerprint density at radius 1 is 0.588 bits per heavy atom. The zero-order valence-corrected chi connectivity index (χ0v) is 23.9. The molecule has 1 radical (unpaired) electrons. The Morgan fingerprint density at radius 2 is 1.12 bits per heavy atom. The first-order valence-corrected chi connectivity index (χ1v) is 11.7. The van der Waals surface area contributed by atoms with E-state index in [2.05, 4.69) is 103 Å². The monoisotopic (exact) mass is 573 g/mol. The van der Waals surface area contributed by atoms with E-state index in [-0.39, 0.29) is 60.5 Å². The predicted molar refractivity (Wildman–Crippen MR) is 135 cm³/mol. The summed E-state index contributed by atoms with van der Waals surface area (Å²) in [4.78, 5) is 0. The second kappa shape index (κ2) is 16.5. The number of hydrogen-bond donors (Lipinski definition) is 0. The molecule has 34 heavy (non-hydrogen) atoms. The minimum atomic E-state index is 0. The van der Waals surface area contributed by atoms with Gasteiger partial charge in [0, 0.05) is 0 Å². The smallest absolute Gasteiger partial charge is 1.00 e.